The van der Waals surface area contributed by atoms with Crippen LogP contribution in [0.25, 0.3) is 0 Å². The monoisotopic (exact) mass is 405 g/mol. The van der Waals surface area contributed by atoms with Gasteiger partial charge in [-0.2, -0.15) is 0 Å². The van der Waals surface area contributed by atoms with Crippen LogP contribution < -0.4 is 10.6 Å². The van der Waals surface area contributed by atoms with E-state index in [2.05, 4.69) is 47.9 Å². The molecular weight excluding hydrogens is 366 g/mol. The normalized spacial score (nSPS) is 16.7. The molecule has 1 atom stereocenters. The smallest absolute Gasteiger partial charge is 0.272 e. The molecule has 1 aliphatic rings. The van der Waals surface area contributed by atoms with Gasteiger partial charge in [-0.3, -0.25) is 9.59 Å². The fraction of sp³-hybridized carbons (Fsp3) is 0.773. The molecule has 0 saturated heterocycles. The largest absolute Gasteiger partial charge is 0.357 e. The Bertz CT molecular complexity index is 740. The van der Waals surface area contributed by atoms with Crippen molar-refractivity contribution >= 4 is 11.8 Å². The first-order chi connectivity index (χ1) is 13.3. The van der Waals surface area contributed by atoms with Gasteiger partial charge in [0, 0.05) is 26.6 Å². The number of carbonyl (C=O) groups is 2. The standard InChI is InChI=1S/C22H39N5O2/c1-21(2,3)11-10-16-24-17(15-14-26(8)12-9-13-27(15)16)19(28)25-18(20(29)23-7)22(4,5)6/h18H,9-14H2,1-8H3,(H,23,29)(H,25,28)/t18-/m1/s1. The summed E-state index contributed by atoms with van der Waals surface area (Å²) in [6.45, 7) is 15.1. The van der Waals surface area contributed by atoms with Crippen molar-refractivity contribution in [1.29, 1.82) is 0 Å². The molecule has 7 nitrogen and oxygen atoms in total. The van der Waals surface area contributed by atoms with E-state index >= 15 is 0 Å². The Morgan fingerprint density at radius 1 is 1.14 bits per heavy atom. The summed E-state index contributed by atoms with van der Waals surface area (Å²) in [5.74, 6) is 0.512. The molecule has 29 heavy (non-hydrogen) atoms. The highest BCUT2D eigenvalue weighted by molar-refractivity contribution is 5.97. The van der Waals surface area contributed by atoms with Gasteiger partial charge in [0.2, 0.25) is 5.91 Å². The number of amides is 2. The average molecular weight is 406 g/mol. The molecular formula is C22H39N5O2. The quantitative estimate of drug-likeness (QED) is 0.789. The highest BCUT2D eigenvalue weighted by Gasteiger charge is 2.34. The Kier molecular flexibility index (Phi) is 7.14. The summed E-state index contributed by atoms with van der Waals surface area (Å²) in [6, 6.07) is -0.626. The van der Waals surface area contributed by atoms with Crippen LogP contribution in [0.2, 0.25) is 0 Å². The van der Waals surface area contributed by atoms with Crippen LogP contribution in [0, 0.1) is 10.8 Å². The van der Waals surface area contributed by atoms with Gasteiger partial charge in [0.05, 0.1) is 5.69 Å². The Morgan fingerprint density at radius 3 is 2.34 bits per heavy atom. The van der Waals surface area contributed by atoms with Crippen LogP contribution in [0.3, 0.4) is 0 Å². The van der Waals surface area contributed by atoms with Crippen LogP contribution in [0.1, 0.15) is 76.4 Å². The van der Waals surface area contributed by atoms with Crippen molar-refractivity contribution in [3.63, 3.8) is 0 Å². The molecule has 7 heteroatoms. The van der Waals surface area contributed by atoms with E-state index in [0.29, 0.717) is 12.2 Å². The second kappa shape index (κ2) is 8.86. The minimum Gasteiger partial charge on any atom is -0.357 e. The van der Waals surface area contributed by atoms with Crippen LogP contribution in [-0.2, 0) is 24.3 Å². The number of imidazole rings is 1. The zero-order valence-corrected chi connectivity index (χ0v) is 19.5. The summed E-state index contributed by atoms with van der Waals surface area (Å²) in [7, 11) is 3.66. The topological polar surface area (TPSA) is 79.3 Å². The molecule has 1 aromatic heterocycles. The maximum atomic E-state index is 13.2. The predicted molar refractivity (Wildman–Crippen MR) is 116 cm³/mol. The van der Waals surface area contributed by atoms with Gasteiger partial charge < -0.3 is 20.1 Å². The van der Waals surface area contributed by atoms with Crippen molar-refractivity contribution in [1.82, 2.24) is 25.1 Å². The summed E-state index contributed by atoms with van der Waals surface area (Å²) in [5.41, 5.74) is 1.21. The van der Waals surface area contributed by atoms with Gasteiger partial charge in [-0.1, -0.05) is 41.5 Å². The molecule has 0 fully saturated rings. The van der Waals surface area contributed by atoms with Crippen molar-refractivity contribution in [2.24, 2.45) is 10.8 Å². The molecule has 0 bridgehead atoms. The summed E-state index contributed by atoms with van der Waals surface area (Å²) in [5, 5.41) is 5.61. The molecule has 2 amide bonds. The van der Waals surface area contributed by atoms with Crippen LogP contribution in [0.5, 0.6) is 0 Å². The second-order valence-electron chi connectivity index (χ2n) is 10.5. The number of hydrogen-bond donors (Lipinski definition) is 2. The van der Waals surface area contributed by atoms with Gasteiger partial charge >= 0.3 is 0 Å². The lowest BCUT2D eigenvalue weighted by Gasteiger charge is -2.29. The third kappa shape index (κ3) is 6.04. The van der Waals surface area contributed by atoms with Gasteiger partial charge in [-0.05, 0) is 37.3 Å². The number of aromatic nitrogens is 2. The van der Waals surface area contributed by atoms with Crippen LogP contribution >= 0.6 is 0 Å². The predicted octanol–water partition coefficient (Wildman–Crippen LogP) is 2.59. The SMILES string of the molecule is CNC(=O)[C@@H](NC(=O)c1nc(CCC(C)(C)C)n2c1CN(C)CCC2)C(C)(C)C. The number of fused-ring (bicyclic) bond motifs is 1. The van der Waals surface area contributed by atoms with Gasteiger partial charge in [0.15, 0.2) is 5.69 Å². The first kappa shape index (κ1) is 23.4. The van der Waals surface area contributed by atoms with Crippen molar-refractivity contribution in [3.8, 4) is 0 Å². The molecule has 0 aliphatic carbocycles. The highest BCUT2D eigenvalue weighted by atomic mass is 16.2. The number of rotatable bonds is 5. The molecule has 0 unspecified atom stereocenters. The van der Waals surface area contributed by atoms with Crippen molar-refractivity contribution in [2.45, 2.75) is 79.9 Å². The number of likely N-dealkylation sites (N-methyl/N-ethyl adjacent to an activating group) is 1. The van der Waals surface area contributed by atoms with Gasteiger partial charge in [-0.15, -0.1) is 0 Å². The van der Waals surface area contributed by atoms with E-state index < -0.39 is 11.5 Å². The molecule has 1 aliphatic heterocycles. The molecule has 2 rings (SSSR count). The first-order valence-corrected chi connectivity index (χ1v) is 10.6. The van der Waals surface area contributed by atoms with Crippen LogP contribution in [-0.4, -0.2) is 52.9 Å². The lowest BCUT2D eigenvalue weighted by Crippen LogP contribution is -2.53. The summed E-state index contributed by atoms with van der Waals surface area (Å²) in [6.07, 6.45) is 2.88. The number of nitrogens with one attached hydrogen (secondary N) is 2. The average Bonchev–Trinajstić information content (AvgIpc) is 2.81. The zero-order chi connectivity index (χ0) is 22.0. The molecule has 2 N–H and O–H groups in total. The number of nitrogens with zero attached hydrogens (tertiary/aromatic N) is 3. The zero-order valence-electron chi connectivity index (χ0n) is 19.5. The number of aryl methyl sites for hydroxylation is 1. The Labute approximate surface area is 175 Å². The minimum absolute atomic E-state index is 0.193. The second-order valence-corrected chi connectivity index (χ2v) is 10.5. The van der Waals surface area contributed by atoms with E-state index in [0.717, 1.165) is 43.9 Å². The van der Waals surface area contributed by atoms with Crippen LogP contribution in [0.4, 0.5) is 0 Å². The third-order valence-corrected chi connectivity index (χ3v) is 5.46. The van der Waals surface area contributed by atoms with E-state index in [1.165, 1.54) is 0 Å². The van der Waals surface area contributed by atoms with E-state index in [9.17, 15) is 9.59 Å². The summed E-state index contributed by atoms with van der Waals surface area (Å²) in [4.78, 5) is 32.6. The maximum Gasteiger partial charge on any atom is 0.272 e. The molecule has 0 saturated carbocycles. The molecule has 0 radical (unpaired) electrons. The third-order valence-electron chi connectivity index (χ3n) is 5.46. The minimum atomic E-state index is -0.626. The number of hydrogen-bond acceptors (Lipinski definition) is 4. The molecule has 1 aromatic rings. The van der Waals surface area contributed by atoms with E-state index in [1.807, 2.05) is 20.8 Å². The Hall–Kier alpha value is -1.89. The molecule has 0 aromatic carbocycles. The lowest BCUT2D eigenvalue weighted by molar-refractivity contribution is -0.124. The van der Waals surface area contributed by atoms with Crippen molar-refractivity contribution in [3.05, 3.63) is 17.2 Å². The van der Waals surface area contributed by atoms with Crippen LogP contribution in [0.15, 0.2) is 0 Å². The number of carbonyl (C=O) groups excluding carboxylic acids is 2. The fourth-order valence-electron chi connectivity index (χ4n) is 3.67. The maximum absolute atomic E-state index is 13.2. The molecule has 164 valence electrons. The van der Waals surface area contributed by atoms with Gasteiger partial charge in [0.25, 0.3) is 5.91 Å². The Balaban J connectivity index is 2.38. The molecule has 2 heterocycles. The first-order valence-electron chi connectivity index (χ1n) is 10.6. The van der Waals surface area contributed by atoms with E-state index in [1.54, 1.807) is 7.05 Å². The highest BCUT2D eigenvalue weighted by Crippen LogP contribution is 2.25. The fourth-order valence-corrected chi connectivity index (χ4v) is 3.67. The van der Waals surface area contributed by atoms with Gasteiger partial charge in [-0.25, -0.2) is 4.98 Å². The van der Waals surface area contributed by atoms with E-state index in [4.69, 9.17) is 4.98 Å². The van der Waals surface area contributed by atoms with Crippen molar-refractivity contribution < 1.29 is 9.59 Å². The Morgan fingerprint density at radius 2 is 1.79 bits per heavy atom. The summed E-state index contributed by atoms with van der Waals surface area (Å²) >= 11 is 0. The van der Waals surface area contributed by atoms with Gasteiger partial charge in [0.1, 0.15) is 11.9 Å². The van der Waals surface area contributed by atoms with Crippen molar-refractivity contribution in [2.75, 3.05) is 20.6 Å². The summed E-state index contributed by atoms with van der Waals surface area (Å²) < 4.78 is 2.23. The molecule has 0 spiro atoms. The van der Waals surface area contributed by atoms with E-state index in [-0.39, 0.29) is 17.2 Å². The lowest BCUT2D eigenvalue weighted by atomic mass is 9.86.